The zero-order chi connectivity index (χ0) is 36.4. The minimum atomic E-state index is -1.82. The van der Waals surface area contributed by atoms with Crippen molar-refractivity contribution in [2.45, 2.75) is 102 Å². The first-order valence-corrected chi connectivity index (χ1v) is 16.7. The van der Waals surface area contributed by atoms with Crippen LogP contribution in [-0.4, -0.2) is 104 Å². The van der Waals surface area contributed by atoms with Crippen LogP contribution in [0.3, 0.4) is 0 Å². The number of halogens is 1. The Hall–Kier alpha value is -3.65. The number of hydrogen-bond donors (Lipinski definition) is 2. The van der Waals surface area contributed by atoms with Gasteiger partial charge in [-0.1, -0.05) is 49.2 Å². The first-order valence-electron chi connectivity index (χ1n) is 16.3. The largest absolute Gasteiger partial charge is 0.495 e. The normalized spacial score (nSPS) is 31.0. The number of amides is 3. The zero-order valence-corrected chi connectivity index (χ0v) is 30.3. The van der Waals surface area contributed by atoms with E-state index in [1.807, 2.05) is 13.0 Å². The molecule has 49 heavy (non-hydrogen) atoms. The molecule has 1 aromatic carbocycles. The molecule has 0 aliphatic carbocycles. The van der Waals surface area contributed by atoms with E-state index in [-0.39, 0.29) is 30.2 Å². The highest BCUT2D eigenvalue weighted by Gasteiger charge is 2.64. The standard InChI is InChI=1S/C35H48ClN3O10/c1-10-28(40)38(6)21(4)32(42)48-27-17-29(41)39(7)23-15-22(16-24(45-8)30(23)36)14-19(2)12-11-13-26(46-9)35(44)18-25(47-33(43)37-35)20(3)31-34(27,5)49-31/h11-13,15-16,20-21,25-27,31,44H,10,14,17-18H2,1-9H3,(H,37,43)/t20-,21+,25+,26-,27-,31-,34+,35-/m1/s1. The van der Waals surface area contributed by atoms with Gasteiger partial charge in [0.1, 0.15) is 40.7 Å². The third-order valence-electron chi connectivity index (χ3n) is 9.83. The van der Waals surface area contributed by atoms with Crippen molar-refractivity contribution < 1.29 is 48.0 Å². The Morgan fingerprint density at radius 1 is 1.27 bits per heavy atom. The number of ether oxygens (including phenoxy) is 5. The van der Waals surface area contributed by atoms with Crippen LogP contribution in [0.4, 0.5) is 10.5 Å². The van der Waals surface area contributed by atoms with Crippen LogP contribution in [0, 0.1) is 5.92 Å². The molecule has 0 saturated carbocycles. The van der Waals surface area contributed by atoms with Gasteiger partial charge in [0.2, 0.25) is 11.8 Å². The molecule has 3 heterocycles. The first-order chi connectivity index (χ1) is 23.0. The van der Waals surface area contributed by atoms with Gasteiger partial charge in [0.05, 0.1) is 25.3 Å². The number of likely N-dealkylation sites (N-methyl/N-ethyl adjacent to an activating group) is 1. The smallest absolute Gasteiger partial charge is 0.409 e. The molecule has 8 atom stereocenters. The van der Waals surface area contributed by atoms with Crippen molar-refractivity contribution in [1.82, 2.24) is 10.2 Å². The summed E-state index contributed by atoms with van der Waals surface area (Å²) in [5.41, 5.74) is -0.870. The van der Waals surface area contributed by atoms with Crippen LogP contribution in [0.15, 0.2) is 35.9 Å². The van der Waals surface area contributed by atoms with Gasteiger partial charge in [0, 0.05) is 40.0 Å². The van der Waals surface area contributed by atoms with Crippen LogP contribution in [0.2, 0.25) is 5.02 Å². The third-order valence-corrected chi connectivity index (χ3v) is 10.2. The number of nitrogens with one attached hydrogen (secondary N) is 1. The molecule has 3 aliphatic heterocycles. The Labute approximate surface area is 292 Å². The topological polar surface area (TPSA) is 156 Å². The van der Waals surface area contributed by atoms with Crippen molar-refractivity contribution in [3.63, 3.8) is 0 Å². The van der Waals surface area contributed by atoms with E-state index >= 15 is 0 Å². The molecule has 270 valence electrons. The predicted octanol–water partition coefficient (Wildman–Crippen LogP) is 3.92. The number of esters is 1. The fraction of sp³-hybridized carbons (Fsp3) is 0.600. The molecule has 0 unspecified atom stereocenters. The van der Waals surface area contributed by atoms with E-state index in [0.29, 0.717) is 17.9 Å². The number of anilines is 1. The molecule has 0 aromatic heterocycles. The van der Waals surface area contributed by atoms with Crippen molar-refractivity contribution in [2.75, 3.05) is 33.2 Å². The Bertz CT molecular complexity index is 1520. The number of fused-ring (bicyclic) bond motifs is 5. The number of carbonyl (C=O) groups is 4. The van der Waals surface area contributed by atoms with Gasteiger partial charge in [-0.2, -0.15) is 0 Å². The summed E-state index contributed by atoms with van der Waals surface area (Å²) in [5, 5.41) is 14.4. The molecule has 2 N–H and O–H groups in total. The highest BCUT2D eigenvalue weighted by Crippen LogP contribution is 2.49. The maximum atomic E-state index is 14.0. The molecular weight excluding hydrogens is 658 g/mol. The van der Waals surface area contributed by atoms with E-state index < -0.39 is 65.7 Å². The maximum Gasteiger partial charge on any atom is 0.409 e. The van der Waals surface area contributed by atoms with Crippen LogP contribution in [-0.2, 0) is 39.8 Å². The van der Waals surface area contributed by atoms with Gasteiger partial charge in [0.25, 0.3) is 0 Å². The molecule has 4 rings (SSSR count). The molecule has 3 amide bonds. The first kappa shape index (κ1) is 38.2. The Morgan fingerprint density at radius 2 is 1.96 bits per heavy atom. The summed E-state index contributed by atoms with van der Waals surface area (Å²) in [6, 6.07) is 2.64. The number of hydrogen-bond acceptors (Lipinski definition) is 10. The van der Waals surface area contributed by atoms with Crippen molar-refractivity contribution in [3.05, 3.63) is 46.5 Å². The van der Waals surface area contributed by atoms with Gasteiger partial charge in [0.15, 0.2) is 5.72 Å². The average Bonchev–Trinajstić information content (AvgIpc) is 3.76. The van der Waals surface area contributed by atoms with Gasteiger partial charge in [-0.15, -0.1) is 0 Å². The number of methoxy groups -OCH3 is 2. The fourth-order valence-electron chi connectivity index (χ4n) is 6.47. The summed E-state index contributed by atoms with van der Waals surface area (Å²) in [5.74, 6) is -1.53. The van der Waals surface area contributed by atoms with Crippen molar-refractivity contribution in [2.24, 2.45) is 5.92 Å². The fourth-order valence-corrected chi connectivity index (χ4v) is 6.78. The quantitative estimate of drug-likeness (QED) is 0.329. The number of aliphatic hydroxyl groups is 1. The van der Waals surface area contributed by atoms with Crippen LogP contribution < -0.4 is 15.0 Å². The molecule has 4 bridgehead atoms. The SMILES string of the molecule is CCC(=O)N(C)[C@@H](C)C(=O)O[C@@H]1CC(=O)N(C)c2cc(cc(OC)c2Cl)CC(C)=CC=C[C@@H](OC)[C@]2(O)C[C@H](OC(=O)N2)[C@@H](C)[C@H]2O[C@]21C. The highest BCUT2D eigenvalue weighted by atomic mass is 35.5. The average molecular weight is 706 g/mol. The van der Waals surface area contributed by atoms with Crippen LogP contribution in [0.25, 0.3) is 0 Å². The summed E-state index contributed by atoms with van der Waals surface area (Å²) >= 11 is 6.72. The summed E-state index contributed by atoms with van der Waals surface area (Å²) in [4.78, 5) is 55.3. The van der Waals surface area contributed by atoms with E-state index in [1.54, 1.807) is 59.0 Å². The number of epoxide rings is 1. The lowest BCUT2D eigenvalue weighted by molar-refractivity contribution is -0.162. The molecule has 3 aliphatic rings. The minimum Gasteiger partial charge on any atom is -0.495 e. The summed E-state index contributed by atoms with van der Waals surface area (Å²) < 4.78 is 29.0. The second-order valence-electron chi connectivity index (χ2n) is 13.3. The Morgan fingerprint density at radius 3 is 2.59 bits per heavy atom. The molecule has 0 spiro atoms. The summed E-state index contributed by atoms with van der Waals surface area (Å²) in [6.45, 7) is 8.68. The second kappa shape index (κ2) is 15.1. The van der Waals surface area contributed by atoms with Gasteiger partial charge < -0.3 is 38.6 Å². The summed E-state index contributed by atoms with van der Waals surface area (Å²) in [6.07, 6.45) is 1.22. The molecule has 13 nitrogen and oxygen atoms in total. The minimum absolute atomic E-state index is 0.0431. The van der Waals surface area contributed by atoms with Crippen molar-refractivity contribution in [1.29, 1.82) is 0 Å². The molecule has 0 radical (unpaired) electrons. The number of carbonyl (C=O) groups excluding carboxylic acids is 4. The number of benzene rings is 1. The number of nitrogens with zero attached hydrogens (tertiary/aromatic N) is 2. The van der Waals surface area contributed by atoms with E-state index in [2.05, 4.69) is 5.32 Å². The van der Waals surface area contributed by atoms with Gasteiger partial charge in [-0.3, -0.25) is 14.9 Å². The zero-order valence-electron chi connectivity index (χ0n) is 29.6. The lowest BCUT2D eigenvalue weighted by atomic mass is 9.83. The van der Waals surface area contributed by atoms with Gasteiger partial charge in [-0.25, -0.2) is 9.59 Å². The molecule has 2 saturated heterocycles. The van der Waals surface area contributed by atoms with E-state index in [4.69, 9.17) is 35.3 Å². The highest BCUT2D eigenvalue weighted by molar-refractivity contribution is 6.35. The van der Waals surface area contributed by atoms with Crippen LogP contribution in [0.5, 0.6) is 5.75 Å². The lowest BCUT2D eigenvalue weighted by Gasteiger charge is -2.42. The maximum absolute atomic E-state index is 14.0. The van der Waals surface area contributed by atoms with Gasteiger partial charge in [-0.05, 0) is 44.9 Å². The molecule has 2 fully saturated rings. The monoisotopic (exact) mass is 705 g/mol. The van der Waals surface area contributed by atoms with Crippen molar-refractivity contribution >= 4 is 41.2 Å². The van der Waals surface area contributed by atoms with E-state index in [9.17, 15) is 24.3 Å². The van der Waals surface area contributed by atoms with E-state index in [0.717, 1.165) is 11.1 Å². The predicted molar refractivity (Wildman–Crippen MR) is 181 cm³/mol. The van der Waals surface area contributed by atoms with E-state index in [1.165, 1.54) is 31.1 Å². The Kier molecular flexibility index (Phi) is 11.7. The van der Waals surface area contributed by atoms with Crippen LogP contribution >= 0.6 is 11.6 Å². The molecule has 14 heteroatoms. The molecule has 1 aromatic rings. The number of alkyl carbamates (subject to hydrolysis) is 1. The molecular formula is C35H48ClN3O10. The van der Waals surface area contributed by atoms with Crippen LogP contribution in [0.1, 0.15) is 59.4 Å². The number of rotatable bonds is 6. The second-order valence-corrected chi connectivity index (χ2v) is 13.6. The summed E-state index contributed by atoms with van der Waals surface area (Å²) in [7, 11) is 6.01. The third kappa shape index (κ3) is 8.06. The van der Waals surface area contributed by atoms with Gasteiger partial charge >= 0.3 is 12.1 Å². The van der Waals surface area contributed by atoms with Crippen molar-refractivity contribution in [3.8, 4) is 5.75 Å². The number of allylic oxidation sites excluding steroid dienone is 3. The lowest BCUT2D eigenvalue weighted by Crippen LogP contribution is -2.63. The Balaban J connectivity index is 1.79.